The van der Waals surface area contributed by atoms with E-state index >= 15 is 0 Å². The van der Waals surface area contributed by atoms with Crippen LogP contribution in [-0.4, -0.2) is 24.1 Å². The maximum Gasteiger partial charge on any atom is 0.328 e. The molecular weight excluding hydrogens is 248 g/mol. The average Bonchev–Trinajstić information content (AvgIpc) is 2.36. The molecule has 0 spiro atoms. The average molecular weight is 260 g/mol. The second kappa shape index (κ2) is 7.54. The number of aldehydes is 1. The summed E-state index contributed by atoms with van der Waals surface area (Å²) in [5, 5.41) is 3.80. The number of amides is 4. The van der Waals surface area contributed by atoms with Gasteiger partial charge in [-0.1, -0.05) is 36.4 Å². The molecule has 1 aliphatic rings. The zero-order chi connectivity index (χ0) is 14.1. The quantitative estimate of drug-likeness (QED) is 0.463. The van der Waals surface area contributed by atoms with Crippen LogP contribution in [0.25, 0.3) is 6.08 Å². The van der Waals surface area contributed by atoms with E-state index in [1.807, 2.05) is 41.0 Å². The van der Waals surface area contributed by atoms with Crippen LogP contribution in [0, 0.1) is 0 Å². The molecule has 6 heteroatoms. The number of rotatable bonds is 2. The van der Waals surface area contributed by atoms with Crippen LogP contribution in [0.15, 0.2) is 36.4 Å². The van der Waals surface area contributed by atoms with E-state index in [0.717, 1.165) is 11.8 Å². The highest BCUT2D eigenvalue weighted by Crippen LogP contribution is 1.99. The number of hydrogen-bond donors (Lipinski definition) is 2. The van der Waals surface area contributed by atoms with Crippen LogP contribution in [0.5, 0.6) is 0 Å². The van der Waals surface area contributed by atoms with Gasteiger partial charge in [0.25, 0.3) is 0 Å². The van der Waals surface area contributed by atoms with Crippen LogP contribution in [0.2, 0.25) is 0 Å². The lowest BCUT2D eigenvalue weighted by Gasteiger charge is -2.09. The summed E-state index contributed by atoms with van der Waals surface area (Å²) in [6, 6.07) is 8.96. The molecule has 19 heavy (non-hydrogen) atoms. The van der Waals surface area contributed by atoms with E-state index in [1.54, 1.807) is 6.08 Å². The van der Waals surface area contributed by atoms with Gasteiger partial charge in [0.05, 0.1) is 0 Å². The molecular formula is C13H12N2O4. The molecule has 0 aromatic heterocycles. The van der Waals surface area contributed by atoms with Crippen molar-refractivity contribution in [3.63, 3.8) is 0 Å². The van der Waals surface area contributed by atoms with Gasteiger partial charge < -0.3 is 0 Å². The first-order chi connectivity index (χ1) is 9.11. The first-order valence-corrected chi connectivity index (χ1v) is 5.42. The fourth-order valence-corrected chi connectivity index (χ4v) is 1.23. The van der Waals surface area contributed by atoms with Crippen LogP contribution in [-0.2, 0) is 14.4 Å². The van der Waals surface area contributed by atoms with Gasteiger partial charge in [-0.15, -0.1) is 0 Å². The highest BCUT2D eigenvalue weighted by Gasteiger charge is 2.20. The van der Waals surface area contributed by atoms with Crippen molar-refractivity contribution in [1.82, 2.24) is 10.6 Å². The Bertz CT molecular complexity index is 463. The van der Waals surface area contributed by atoms with Crippen molar-refractivity contribution >= 4 is 30.2 Å². The van der Waals surface area contributed by atoms with Crippen LogP contribution in [0.4, 0.5) is 4.79 Å². The fourth-order valence-electron chi connectivity index (χ4n) is 1.23. The number of barbiturate groups is 1. The van der Waals surface area contributed by atoms with E-state index in [-0.39, 0.29) is 6.42 Å². The maximum absolute atomic E-state index is 10.3. The molecule has 0 bridgehead atoms. The molecule has 1 saturated heterocycles. The van der Waals surface area contributed by atoms with Crippen LogP contribution in [0.3, 0.4) is 0 Å². The minimum absolute atomic E-state index is 0.258. The standard InChI is InChI=1S/C9H8O.C4H4N2O3/c10-8-4-7-9-5-2-1-3-6-9;7-2-1-3(8)6-4(9)5-2/h1-8H;1H2,(H2,5,6,7,8,9). The first-order valence-electron chi connectivity index (χ1n) is 5.42. The Labute approximate surface area is 109 Å². The number of urea groups is 1. The number of imide groups is 2. The van der Waals surface area contributed by atoms with Crippen molar-refractivity contribution < 1.29 is 19.2 Å². The number of benzene rings is 1. The highest BCUT2D eigenvalue weighted by atomic mass is 16.2. The summed E-state index contributed by atoms with van der Waals surface area (Å²) in [6.07, 6.45) is 3.76. The van der Waals surface area contributed by atoms with Crippen molar-refractivity contribution in [2.75, 3.05) is 0 Å². The molecule has 2 rings (SSSR count). The molecule has 1 aliphatic heterocycles. The van der Waals surface area contributed by atoms with Gasteiger partial charge in [0.15, 0.2) is 0 Å². The van der Waals surface area contributed by atoms with E-state index in [2.05, 4.69) is 0 Å². The molecule has 0 aliphatic carbocycles. The summed E-state index contributed by atoms with van der Waals surface area (Å²) in [6.45, 7) is 0. The molecule has 0 saturated carbocycles. The lowest BCUT2D eigenvalue weighted by molar-refractivity contribution is -0.129. The summed E-state index contributed by atoms with van der Waals surface area (Å²) in [4.78, 5) is 40.7. The third kappa shape index (κ3) is 5.92. The number of carbonyl (C=O) groups is 4. The molecule has 2 N–H and O–H groups in total. The largest absolute Gasteiger partial charge is 0.328 e. The van der Waals surface area contributed by atoms with Crippen molar-refractivity contribution in [3.8, 4) is 0 Å². The van der Waals surface area contributed by atoms with Gasteiger partial charge >= 0.3 is 6.03 Å². The fraction of sp³-hybridized carbons (Fsp3) is 0.0769. The maximum atomic E-state index is 10.3. The SMILES string of the molecule is O=C1CC(=O)NC(=O)N1.O=CC=Cc1ccccc1. The topological polar surface area (TPSA) is 92.3 Å². The van der Waals surface area contributed by atoms with E-state index in [4.69, 9.17) is 0 Å². The van der Waals surface area contributed by atoms with Crippen molar-refractivity contribution in [1.29, 1.82) is 0 Å². The van der Waals surface area contributed by atoms with Gasteiger partial charge in [0.2, 0.25) is 11.8 Å². The van der Waals surface area contributed by atoms with Gasteiger partial charge in [0, 0.05) is 0 Å². The van der Waals surface area contributed by atoms with Crippen LogP contribution < -0.4 is 10.6 Å². The van der Waals surface area contributed by atoms with Gasteiger partial charge in [-0.05, 0) is 11.6 Å². The van der Waals surface area contributed by atoms with Gasteiger partial charge in [-0.3, -0.25) is 25.0 Å². The molecule has 6 nitrogen and oxygen atoms in total. The van der Waals surface area contributed by atoms with Gasteiger partial charge in [0.1, 0.15) is 12.7 Å². The Morgan fingerprint density at radius 2 is 1.53 bits per heavy atom. The van der Waals surface area contributed by atoms with Crippen LogP contribution >= 0.6 is 0 Å². The second-order valence-corrected chi connectivity index (χ2v) is 3.51. The monoisotopic (exact) mass is 260 g/mol. The molecule has 1 fully saturated rings. The van der Waals surface area contributed by atoms with Gasteiger partial charge in [-0.2, -0.15) is 0 Å². The molecule has 0 unspecified atom stereocenters. The van der Waals surface area contributed by atoms with Crippen LogP contribution in [0.1, 0.15) is 12.0 Å². The summed E-state index contributed by atoms with van der Waals surface area (Å²) >= 11 is 0. The van der Waals surface area contributed by atoms with E-state index < -0.39 is 17.8 Å². The van der Waals surface area contributed by atoms with E-state index in [0.29, 0.717) is 0 Å². The summed E-state index contributed by atoms with van der Waals surface area (Å²) in [5.74, 6) is -1.10. The summed E-state index contributed by atoms with van der Waals surface area (Å²) in [7, 11) is 0. The Hall–Kier alpha value is -2.76. The highest BCUT2D eigenvalue weighted by molar-refractivity contribution is 6.14. The Morgan fingerprint density at radius 1 is 0.947 bits per heavy atom. The molecule has 1 heterocycles. The summed E-state index contributed by atoms with van der Waals surface area (Å²) < 4.78 is 0. The van der Waals surface area contributed by atoms with Crippen molar-refractivity contribution in [2.24, 2.45) is 0 Å². The number of allylic oxidation sites excluding steroid dienone is 1. The smallest absolute Gasteiger partial charge is 0.299 e. The predicted octanol–water partition coefficient (Wildman–Crippen LogP) is 0.641. The Morgan fingerprint density at radius 3 is 2.00 bits per heavy atom. The van der Waals surface area contributed by atoms with E-state index in [1.165, 1.54) is 6.08 Å². The lowest BCUT2D eigenvalue weighted by Crippen LogP contribution is -2.49. The molecule has 0 atom stereocenters. The Kier molecular flexibility index (Phi) is 5.68. The minimum atomic E-state index is -0.740. The molecule has 1 aromatic rings. The van der Waals surface area contributed by atoms with E-state index in [9.17, 15) is 19.2 Å². The molecule has 1 aromatic carbocycles. The third-order valence-corrected chi connectivity index (χ3v) is 1.99. The normalized spacial score (nSPS) is 14.2. The Balaban J connectivity index is 0.000000191. The van der Waals surface area contributed by atoms with Crippen molar-refractivity contribution in [2.45, 2.75) is 6.42 Å². The lowest BCUT2D eigenvalue weighted by atomic mass is 10.2. The zero-order valence-corrected chi connectivity index (χ0v) is 9.96. The predicted molar refractivity (Wildman–Crippen MR) is 67.8 cm³/mol. The van der Waals surface area contributed by atoms with Gasteiger partial charge in [-0.25, -0.2) is 4.79 Å². The third-order valence-electron chi connectivity index (χ3n) is 1.99. The molecule has 0 radical (unpaired) electrons. The zero-order valence-electron chi connectivity index (χ0n) is 9.96. The minimum Gasteiger partial charge on any atom is -0.299 e. The van der Waals surface area contributed by atoms with Crippen molar-refractivity contribution in [3.05, 3.63) is 42.0 Å². The summed E-state index contributed by atoms with van der Waals surface area (Å²) in [5.41, 5.74) is 1.05. The molecule has 4 amide bonds. The second-order valence-electron chi connectivity index (χ2n) is 3.51. The molecule has 98 valence electrons. The number of carbonyl (C=O) groups excluding carboxylic acids is 4. The number of nitrogens with one attached hydrogen (secondary N) is 2. The first kappa shape index (κ1) is 14.3. The number of hydrogen-bond acceptors (Lipinski definition) is 4.